The highest BCUT2D eigenvalue weighted by molar-refractivity contribution is 7.89. The van der Waals surface area contributed by atoms with Crippen molar-refractivity contribution in [3.8, 4) is 0 Å². The lowest BCUT2D eigenvalue weighted by Crippen LogP contribution is -2.22. The van der Waals surface area contributed by atoms with Gasteiger partial charge in [0.1, 0.15) is 5.69 Å². The first-order chi connectivity index (χ1) is 12.2. The molecule has 0 heterocycles. The highest BCUT2D eigenvalue weighted by Crippen LogP contribution is 2.27. The molecule has 0 bridgehead atoms. The van der Waals surface area contributed by atoms with Crippen molar-refractivity contribution < 1.29 is 18.1 Å². The van der Waals surface area contributed by atoms with Gasteiger partial charge < -0.3 is 10.6 Å². The first kappa shape index (κ1) is 19.6. The molecule has 0 atom stereocenters. The molecule has 0 fully saturated rings. The Morgan fingerprint density at radius 1 is 1.19 bits per heavy atom. The molecule has 0 unspecified atom stereocenters. The van der Waals surface area contributed by atoms with Gasteiger partial charge in [-0.1, -0.05) is 11.6 Å². The largest absolute Gasteiger partial charge is 0.371 e. The van der Waals surface area contributed by atoms with Crippen LogP contribution < -0.4 is 15.4 Å². The second-order valence-electron chi connectivity index (χ2n) is 5.05. The first-order valence-corrected chi connectivity index (χ1v) is 9.10. The van der Waals surface area contributed by atoms with Crippen LogP contribution in [0.15, 0.2) is 47.4 Å². The maximum atomic E-state index is 11.9. The van der Waals surface area contributed by atoms with E-state index in [1.807, 2.05) is 0 Å². The second-order valence-corrected chi connectivity index (χ2v) is 7.38. The zero-order valence-electron chi connectivity index (χ0n) is 13.5. The van der Waals surface area contributed by atoms with Gasteiger partial charge in [0.15, 0.2) is 0 Å². The molecule has 2 aromatic carbocycles. The lowest BCUT2D eigenvalue weighted by atomic mass is 10.2. The lowest BCUT2D eigenvalue weighted by Gasteiger charge is -2.10. The fraction of sp³-hybridized carbons (Fsp3) is 0.133. The molecule has 0 spiro atoms. The van der Waals surface area contributed by atoms with Crippen molar-refractivity contribution in [1.82, 2.24) is 4.72 Å². The zero-order chi connectivity index (χ0) is 19.3. The fourth-order valence-electron chi connectivity index (χ4n) is 2.01. The van der Waals surface area contributed by atoms with Crippen molar-refractivity contribution in [1.29, 1.82) is 0 Å². The average molecular weight is 399 g/mol. The second kappa shape index (κ2) is 8.13. The third-order valence-electron chi connectivity index (χ3n) is 3.31. The molecule has 3 N–H and O–H groups in total. The molecular weight excluding hydrogens is 384 g/mol. The molecule has 11 heteroatoms. The predicted octanol–water partition coefficient (Wildman–Crippen LogP) is 2.21. The van der Waals surface area contributed by atoms with Crippen molar-refractivity contribution in [3.63, 3.8) is 0 Å². The Hall–Kier alpha value is -2.69. The summed E-state index contributed by atoms with van der Waals surface area (Å²) in [4.78, 5) is 22.2. The number of nitrogens with zero attached hydrogens (tertiary/aromatic N) is 1. The van der Waals surface area contributed by atoms with E-state index in [1.165, 1.54) is 19.2 Å². The Bertz CT molecular complexity index is 932. The molecule has 0 radical (unpaired) electrons. The number of nitro groups is 1. The Labute approximate surface area is 154 Å². The SMILES string of the molecule is CNS(=O)(=O)c1ccc(NCC(=O)Nc2ccc(Cl)cc2)c([N+](=O)[O-])c1. The number of nitrogens with one attached hydrogen (secondary N) is 3. The van der Waals surface area contributed by atoms with E-state index in [0.717, 1.165) is 6.07 Å². The van der Waals surface area contributed by atoms with Crippen LogP contribution in [0.1, 0.15) is 0 Å². The van der Waals surface area contributed by atoms with E-state index in [0.29, 0.717) is 10.7 Å². The van der Waals surface area contributed by atoms with Gasteiger partial charge in [-0.05, 0) is 43.4 Å². The van der Waals surface area contributed by atoms with Gasteiger partial charge in [-0.25, -0.2) is 13.1 Å². The summed E-state index contributed by atoms with van der Waals surface area (Å²) in [5.41, 5.74) is 0.0862. The number of carbonyl (C=O) groups excluding carboxylic acids is 1. The Morgan fingerprint density at radius 3 is 2.42 bits per heavy atom. The van der Waals surface area contributed by atoms with Crippen molar-refractivity contribution in [2.75, 3.05) is 24.2 Å². The number of carbonyl (C=O) groups is 1. The summed E-state index contributed by atoms with van der Waals surface area (Å²) in [5.74, 6) is -0.437. The standard InChI is InChI=1S/C15H15ClN4O5S/c1-17-26(24,25)12-6-7-13(14(8-12)20(22)23)18-9-15(21)19-11-4-2-10(16)3-5-11/h2-8,17-18H,9H2,1H3,(H,19,21). The summed E-state index contributed by atoms with van der Waals surface area (Å²) < 4.78 is 25.6. The van der Waals surface area contributed by atoms with Crippen LogP contribution in [-0.2, 0) is 14.8 Å². The number of hydrogen-bond donors (Lipinski definition) is 3. The van der Waals surface area contributed by atoms with E-state index in [-0.39, 0.29) is 17.1 Å². The van der Waals surface area contributed by atoms with Gasteiger partial charge in [0.25, 0.3) is 5.69 Å². The van der Waals surface area contributed by atoms with Crippen molar-refractivity contribution in [2.24, 2.45) is 0 Å². The number of benzene rings is 2. The van der Waals surface area contributed by atoms with Crippen LogP contribution in [-0.4, -0.2) is 32.8 Å². The number of nitro benzene ring substituents is 1. The molecule has 0 saturated carbocycles. The topological polar surface area (TPSA) is 130 Å². The molecule has 0 aromatic heterocycles. The average Bonchev–Trinajstić information content (AvgIpc) is 2.61. The summed E-state index contributed by atoms with van der Waals surface area (Å²) in [6.07, 6.45) is 0. The number of amides is 1. The summed E-state index contributed by atoms with van der Waals surface area (Å²) in [6, 6.07) is 9.80. The minimum atomic E-state index is -3.82. The maximum absolute atomic E-state index is 11.9. The Morgan fingerprint density at radius 2 is 1.85 bits per heavy atom. The van der Waals surface area contributed by atoms with E-state index >= 15 is 0 Å². The molecule has 2 rings (SSSR count). The van der Waals surface area contributed by atoms with Crippen LogP contribution in [0, 0.1) is 10.1 Å². The molecule has 138 valence electrons. The minimum Gasteiger partial charge on any atom is -0.371 e. The maximum Gasteiger partial charge on any atom is 0.293 e. The van der Waals surface area contributed by atoms with Crippen LogP contribution in [0.25, 0.3) is 0 Å². The highest BCUT2D eigenvalue weighted by Gasteiger charge is 2.20. The van der Waals surface area contributed by atoms with Gasteiger partial charge in [-0.3, -0.25) is 14.9 Å². The predicted molar refractivity (Wildman–Crippen MR) is 97.9 cm³/mol. The van der Waals surface area contributed by atoms with Gasteiger partial charge in [0.2, 0.25) is 15.9 Å². The van der Waals surface area contributed by atoms with Gasteiger partial charge >= 0.3 is 0 Å². The Balaban J connectivity index is 2.12. The van der Waals surface area contributed by atoms with Gasteiger partial charge in [0.05, 0.1) is 16.4 Å². The summed E-state index contributed by atoms with van der Waals surface area (Å²) >= 11 is 5.76. The zero-order valence-corrected chi connectivity index (χ0v) is 15.1. The van der Waals surface area contributed by atoms with E-state index in [9.17, 15) is 23.3 Å². The number of hydrogen-bond acceptors (Lipinski definition) is 6. The van der Waals surface area contributed by atoms with E-state index in [2.05, 4.69) is 15.4 Å². The van der Waals surface area contributed by atoms with Gasteiger partial charge in [0, 0.05) is 16.8 Å². The molecule has 0 aliphatic heterocycles. The monoisotopic (exact) mass is 398 g/mol. The molecule has 26 heavy (non-hydrogen) atoms. The lowest BCUT2D eigenvalue weighted by molar-refractivity contribution is -0.384. The first-order valence-electron chi connectivity index (χ1n) is 7.24. The summed E-state index contributed by atoms with van der Waals surface area (Å²) in [7, 11) is -2.62. The fourth-order valence-corrected chi connectivity index (χ4v) is 2.89. The van der Waals surface area contributed by atoms with E-state index < -0.39 is 26.5 Å². The number of rotatable bonds is 7. The van der Waals surface area contributed by atoms with Crippen LogP contribution in [0.3, 0.4) is 0 Å². The molecule has 9 nitrogen and oxygen atoms in total. The van der Waals surface area contributed by atoms with Gasteiger partial charge in [-0.2, -0.15) is 0 Å². The number of halogens is 1. The van der Waals surface area contributed by atoms with Gasteiger partial charge in [-0.15, -0.1) is 0 Å². The van der Waals surface area contributed by atoms with Crippen LogP contribution in [0.2, 0.25) is 5.02 Å². The summed E-state index contributed by atoms with van der Waals surface area (Å²) in [5, 5.41) is 16.9. The van der Waals surface area contributed by atoms with Crippen molar-refractivity contribution in [3.05, 3.63) is 57.6 Å². The van der Waals surface area contributed by atoms with Crippen molar-refractivity contribution >= 4 is 44.6 Å². The molecule has 2 aromatic rings. The number of anilines is 2. The van der Waals surface area contributed by atoms with Crippen LogP contribution in [0.5, 0.6) is 0 Å². The molecule has 0 aliphatic rings. The number of sulfonamides is 1. The Kier molecular flexibility index (Phi) is 6.14. The van der Waals surface area contributed by atoms with Crippen LogP contribution in [0.4, 0.5) is 17.1 Å². The van der Waals surface area contributed by atoms with E-state index in [1.54, 1.807) is 24.3 Å². The quantitative estimate of drug-likeness (QED) is 0.484. The smallest absolute Gasteiger partial charge is 0.293 e. The van der Waals surface area contributed by atoms with E-state index in [4.69, 9.17) is 11.6 Å². The molecule has 0 saturated heterocycles. The molecule has 0 aliphatic carbocycles. The third kappa shape index (κ3) is 4.91. The third-order valence-corrected chi connectivity index (χ3v) is 4.98. The van der Waals surface area contributed by atoms with Crippen molar-refractivity contribution in [2.45, 2.75) is 4.90 Å². The minimum absolute atomic E-state index is 0.0244. The normalized spacial score (nSPS) is 11.0. The highest BCUT2D eigenvalue weighted by atomic mass is 35.5. The molecule has 1 amide bonds. The summed E-state index contributed by atoms with van der Waals surface area (Å²) in [6.45, 7) is -0.248. The molecular formula is C15H15ClN4O5S. The van der Waals surface area contributed by atoms with Crippen LogP contribution >= 0.6 is 11.6 Å².